The molecule has 0 spiro atoms. The number of aromatic nitrogens is 2. The van der Waals surface area contributed by atoms with Crippen molar-refractivity contribution in [1.82, 2.24) is 24.7 Å². The molecule has 3 heterocycles. The minimum atomic E-state index is -0.264. The van der Waals surface area contributed by atoms with Crippen molar-refractivity contribution in [2.45, 2.75) is 33.2 Å². The van der Waals surface area contributed by atoms with Crippen LogP contribution in [0.25, 0.3) is 16.9 Å². The number of piperazine rings is 1. The van der Waals surface area contributed by atoms with Gasteiger partial charge in [0, 0.05) is 70.0 Å². The molecule has 10 heteroatoms. The van der Waals surface area contributed by atoms with E-state index in [0.29, 0.717) is 82.4 Å². The second-order valence-electron chi connectivity index (χ2n) is 11.3. The molecule has 42 heavy (non-hydrogen) atoms. The summed E-state index contributed by atoms with van der Waals surface area (Å²) in [5, 5.41) is 6.27. The van der Waals surface area contributed by atoms with Crippen molar-refractivity contribution in [2.75, 3.05) is 63.9 Å². The number of anilines is 1. The fraction of sp³-hybridized carbons (Fsp3) is 0.469. The molecule has 2 saturated heterocycles. The first kappa shape index (κ1) is 29.6. The number of amides is 2. The smallest absolute Gasteiger partial charge is 0.333 e. The molecule has 0 saturated carbocycles. The van der Waals surface area contributed by atoms with Crippen LogP contribution in [0.2, 0.25) is 0 Å². The minimum Gasteiger partial charge on any atom is -0.378 e. The molecule has 0 aliphatic carbocycles. The van der Waals surface area contributed by atoms with E-state index >= 15 is 0 Å². The van der Waals surface area contributed by atoms with Crippen LogP contribution < -0.4 is 21.2 Å². The summed E-state index contributed by atoms with van der Waals surface area (Å²) in [5.41, 5.74) is 3.23. The van der Waals surface area contributed by atoms with Crippen LogP contribution in [0, 0.1) is 5.92 Å². The lowest BCUT2D eigenvalue weighted by Gasteiger charge is -2.29. The third-order valence-electron chi connectivity index (χ3n) is 7.73. The Balaban J connectivity index is 1.59. The largest absolute Gasteiger partial charge is 0.378 e. The summed E-state index contributed by atoms with van der Waals surface area (Å²) in [5.74, 6) is 0.114. The van der Waals surface area contributed by atoms with Gasteiger partial charge in [0.2, 0.25) is 5.91 Å². The Morgan fingerprint density at radius 1 is 0.952 bits per heavy atom. The average Bonchev–Trinajstić information content (AvgIpc) is 3.31. The van der Waals surface area contributed by atoms with Crippen LogP contribution in [0.5, 0.6) is 0 Å². The zero-order valence-electron chi connectivity index (χ0n) is 24.7. The SMILES string of the molecule is CC(C)CC(=O)NCCCn1c(C(=O)N2CCNCC2)c(-c2ccccc2)n(-c2cccc(N3CCOCC3)c2)c1=O. The highest BCUT2D eigenvalue weighted by Gasteiger charge is 2.31. The number of carbonyl (C=O) groups is 2. The summed E-state index contributed by atoms with van der Waals surface area (Å²) >= 11 is 0. The van der Waals surface area contributed by atoms with E-state index in [9.17, 15) is 14.4 Å². The van der Waals surface area contributed by atoms with Crippen LogP contribution in [0.4, 0.5) is 5.69 Å². The first-order chi connectivity index (χ1) is 20.4. The molecule has 224 valence electrons. The summed E-state index contributed by atoms with van der Waals surface area (Å²) < 4.78 is 8.84. The molecule has 0 atom stereocenters. The minimum absolute atomic E-state index is 0.00284. The monoisotopic (exact) mass is 574 g/mol. The van der Waals surface area contributed by atoms with E-state index < -0.39 is 0 Å². The van der Waals surface area contributed by atoms with E-state index in [1.165, 1.54) is 0 Å². The number of hydrogen-bond acceptors (Lipinski definition) is 6. The number of benzene rings is 2. The number of ether oxygens (including phenoxy) is 1. The number of nitrogens with zero attached hydrogens (tertiary/aromatic N) is 4. The first-order valence-corrected chi connectivity index (χ1v) is 15.0. The molecule has 2 aliphatic rings. The molecule has 3 aromatic rings. The molecular weight excluding hydrogens is 532 g/mol. The lowest BCUT2D eigenvalue weighted by atomic mass is 10.1. The summed E-state index contributed by atoms with van der Waals surface area (Å²) in [6.45, 7) is 10.2. The lowest BCUT2D eigenvalue weighted by molar-refractivity contribution is -0.121. The van der Waals surface area contributed by atoms with Gasteiger partial charge < -0.3 is 25.2 Å². The van der Waals surface area contributed by atoms with Crippen molar-refractivity contribution in [3.05, 3.63) is 70.8 Å². The number of nitrogens with one attached hydrogen (secondary N) is 2. The highest BCUT2D eigenvalue weighted by Crippen LogP contribution is 2.29. The zero-order valence-corrected chi connectivity index (χ0v) is 24.7. The van der Waals surface area contributed by atoms with Gasteiger partial charge in [0.1, 0.15) is 5.69 Å². The number of carbonyl (C=O) groups excluding carboxylic acids is 2. The summed E-state index contributed by atoms with van der Waals surface area (Å²) in [7, 11) is 0. The molecule has 5 rings (SSSR count). The molecule has 1 aromatic heterocycles. The Morgan fingerprint density at radius 2 is 1.67 bits per heavy atom. The van der Waals surface area contributed by atoms with E-state index in [1.54, 1.807) is 9.13 Å². The predicted octanol–water partition coefficient (Wildman–Crippen LogP) is 2.74. The van der Waals surface area contributed by atoms with Gasteiger partial charge in [-0.2, -0.15) is 0 Å². The van der Waals surface area contributed by atoms with Gasteiger partial charge in [0.05, 0.1) is 24.6 Å². The van der Waals surface area contributed by atoms with Crippen molar-refractivity contribution >= 4 is 17.5 Å². The topological polar surface area (TPSA) is 101 Å². The fourth-order valence-electron chi connectivity index (χ4n) is 5.65. The lowest BCUT2D eigenvalue weighted by Crippen LogP contribution is -2.47. The molecule has 2 aromatic carbocycles. The maximum absolute atomic E-state index is 14.4. The van der Waals surface area contributed by atoms with Crippen molar-refractivity contribution in [2.24, 2.45) is 5.92 Å². The normalized spacial score (nSPS) is 15.7. The van der Waals surface area contributed by atoms with Gasteiger partial charge in [0.25, 0.3) is 5.91 Å². The fourth-order valence-corrected chi connectivity index (χ4v) is 5.65. The Bertz CT molecular complexity index is 1420. The van der Waals surface area contributed by atoms with E-state index in [2.05, 4.69) is 15.5 Å². The Kier molecular flexibility index (Phi) is 9.76. The molecule has 2 aliphatic heterocycles. The summed E-state index contributed by atoms with van der Waals surface area (Å²) in [6, 6.07) is 17.6. The molecule has 2 amide bonds. The maximum atomic E-state index is 14.4. The number of imidazole rings is 1. The number of hydrogen-bond donors (Lipinski definition) is 2. The van der Waals surface area contributed by atoms with Gasteiger partial charge in [-0.25, -0.2) is 4.79 Å². The first-order valence-electron chi connectivity index (χ1n) is 15.0. The number of morpholine rings is 1. The summed E-state index contributed by atoms with van der Waals surface area (Å²) in [4.78, 5) is 44.9. The molecule has 0 unspecified atom stereocenters. The predicted molar refractivity (Wildman–Crippen MR) is 164 cm³/mol. The Morgan fingerprint density at radius 3 is 2.38 bits per heavy atom. The van der Waals surface area contributed by atoms with E-state index in [-0.39, 0.29) is 23.4 Å². The maximum Gasteiger partial charge on any atom is 0.333 e. The van der Waals surface area contributed by atoms with Crippen LogP contribution in [0.15, 0.2) is 59.4 Å². The molecule has 2 fully saturated rings. The van der Waals surface area contributed by atoms with Gasteiger partial charge in [-0.15, -0.1) is 0 Å². The quantitative estimate of drug-likeness (QED) is 0.361. The van der Waals surface area contributed by atoms with Gasteiger partial charge >= 0.3 is 5.69 Å². The highest BCUT2D eigenvalue weighted by molar-refractivity contribution is 5.99. The molecule has 0 bridgehead atoms. The highest BCUT2D eigenvalue weighted by atomic mass is 16.5. The molecular formula is C32H42N6O4. The average molecular weight is 575 g/mol. The number of rotatable bonds is 10. The third kappa shape index (κ3) is 6.77. The van der Waals surface area contributed by atoms with Gasteiger partial charge in [-0.05, 0) is 30.5 Å². The van der Waals surface area contributed by atoms with Gasteiger partial charge in [0.15, 0.2) is 0 Å². The summed E-state index contributed by atoms with van der Waals surface area (Å²) in [6.07, 6.45) is 0.984. The third-order valence-corrected chi connectivity index (χ3v) is 7.73. The van der Waals surface area contributed by atoms with E-state index in [4.69, 9.17) is 4.74 Å². The van der Waals surface area contributed by atoms with Crippen molar-refractivity contribution in [3.8, 4) is 16.9 Å². The molecule has 0 radical (unpaired) electrons. The van der Waals surface area contributed by atoms with Crippen LogP contribution in [0.1, 0.15) is 37.2 Å². The van der Waals surface area contributed by atoms with Crippen LogP contribution in [-0.2, 0) is 16.1 Å². The Labute approximate surface area is 247 Å². The van der Waals surface area contributed by atoms with E-state index in [0.717, 1.165) is 24.3 Å². The molecule has 2 N–H and O–H groups in total. The van der Waals surface area contributed by atoms with Gasteiger partial charge in [-0.1, -0.05) is 50.2 Å². The van der Waals surface area contributed by atoms with Crippen molar-refractivity contribution in [1.29, 1.82) is 0 Å². The van der Waals surface area contributed by atoms with Gasteiger partial charge in [-0.3, -0.25) is 18.7 Å². The van der Waals surface area contributed by atoms with Crippen LogP contribution in [0.3, 0.4) is 0 Å². The van der Waals surface area contributed by atoms with E-state index in [1.807, 2.05) is 73.3 Å². The van der Waals surface area contributed by atoms with Crippen LogP contribution >= 0.6 is 0 Å². The van der Waals surface area contributed by atoms with Crippen molar-refractivity contribution < 1.29 is 14.3 Å². The zero-order chi connectivity index (χ0) is 29.5. The standard InChI is InChI=1S/C32H42N6O4/c1-24(2)22-28(39)34-12-7-15-37-30(31(40)36-16-13-33-14-17-36)29(25-8-4-3-5-9-25)38(32(37)41)27-11-6-10-26(23-27)35-18-20-42-21-19-35/h3-6,8-11,23-24,33H,7,12-22H2,1-2H3,(H,34,39). The second kappa shape index (κ2) is 13.8. The second-order valence-corrected chi connectivity index (χ2v) is 11.3. The molecule has 10 nitrogen and oxygen atoms in total. The Hall–Kier alpha value is -3.89. The van der Waals surface area contributed by atoms with Crippen LogP contribution in [-0.4, -0.2) is 84.9 Å². The van der Waals surface area contributed by atoms with Crippen molar-refractivity contribution in [3.63, 3.8) is 0 Å².